The minimum atomic E-state index is -4.58. The summed E-state index contributed by atoms with van der Waals surface area (Å²) in [4.78, 5) is 21.5. The number of carbonyl (C=O) groups is 1. The van der Waals surface area contributed by atoms with Crippen molar-refractivity contribution in [3.05, 3.63) is 76.2 Å². The quantitative estimate of drug-likeness (QED) is 0.300. The number of aryl methyl sites for hydroxylation is 1. The molecule has 0 N–H and O–H groups in total. The lowest BCUT2D eigenvalue weighted by atomic mass is 9.81. The second-order valence-corrected chi connectivity index (χ2v) is 13.7. The van der Waals surface area contributed by atoms with Crippen LogP contribution in [0.4, 0.5) is 29.1 Å². The number of carbonyl (C=O) groups excluding carboxylic acids is 1. The van der Waals surface area contributed by atoms with Crippen LogP contribution in [0.5, 0.6) is 0 Å². The lowest BCUT2D eigenvalue weighted by Crippen LogP contribution is -2.42. The number of rotatable bonds is 6. The Hall–Kier alpha value is -3.18. The Morgan fingerprint density at radius 3 is 2.32 bits per heavy atom. The van der Waals surface area contributed by atoms with Crippen molar-refractivity contribution in [3.8, 4) is 11.1 Å². The maximum absolute atomic E-state index is 13.9. The number of sulfone groups is 1. The number of amides is 1. The molecular formula is C29H30ClF4N3O3S. The van der Waals surface area contributed by atoms with E-state index in [0.29, 0.717) is 41.2 Å². The van der Waals surface area contributed by atoms with Gasteiger partial charge in [0.15, 0.2) is 9.84 Å². The highest BCUT2D eigenvalue weighted by atomic mass is 35.5. The van der Waals surface area contributed by atoms with Gasteiger partial charge in [0.05, 0.1) is 33.1 Å². The molecule has 0 aliphatic carbocycles. The van der Waals surface area contributed by atoms with Crippen molar-refractivity contribution in [2.45, 2.75) is 44.0 Å². The van der Waals surface area contributed by atoms with E-state index in [0.717, 1.165) is 18.2 Å². The van der Waals surface area contributed by atoms with E-state index in [1.54, 1.807) is 26.0 Å². The Labute approximate surface area is 241 Å². The average molecular weight is 612 g/mol. The van der Waals surface area contributed by atoms with E-state index < -0.39 is 44.0 Å². The van der Waals surface area contributed by atoms with Crippen molar-refractivity contribution >= 4 is 38.9 Å². The van der Waals surface area contributed by atoms with E-state index >= 15 is 0 Å². The summed E-state index contributed by atoms with van der Waals surface area (Å²) in [5.74, 6) is -0.622. The highest BCUT2D eigenvalue weighted by Crippen LogP contribution is 2.40. The molecule has 1 aromatic heterocycles. The minimum Gasteiger partial charge on any atom is -0.355 e. The standard InChI is InChI=1S/C29H30ClF4N3O3S/c1-17-10-18(12-19(11-17)29(32,33)34)28(2,3)27(38)36(4)25-15-35-26(37-9-8-21(16-37)41(5,39)40)14-23(25)22-7-6-20(31)13-24(22)30/h6-7,10-15,21H,8-9,16H2,1-5H3. The van der Waals surface area contributed by atoms with Crippen LogP contribution in [0, 0.1) is 12.7 Å². The molecule has 2 aromatic carbocycles. The van der Waals surface area contributed by atoms with Crippen molar-refractivity contribution in [1.29, 1.82) is 0 Å². The molecule has 1 unspecified atom stereocenters. The maximum atomic E-state index is 13.9. The number of benzene rings is 2. The maximum Gasteiger partial charge on any atom is 0.416 e. The first-order valence-electron chi connectivity index (χ1n) is 12.8. The molecule has 2 heterocycles. The summed E-state index contributed by atoms with van der Waals surface area (Å²) in [6.07, 6.45) is -1.53. The number of halogens is 5. The molecule has 1 saturated heterocycles. The molecule has 1 aliphatic rings. The number of nitrogens with zero attached hydrogens (tertiary/aromatic N) is 3. The zero-order valence-corrected chi connectivity index (χ0v) is 24.8. The lowest BCUT2D eigenvalue weighted by Gasteiger charge is -2.32. The Morgan fingerprint density at radius 2 is 1.73 bits per heavy atom. The van der Waals surface area contributed by atoms with Gasteiger partial charge in [0.25, 0.3) is 0 Å². The fourth-order valence-electron chi connectivity index (χ4n) is 5.05. The molecule has 41 heavy (non-hydrogen) atoms. The number of pyridine rings is 1. The molecule has 3 aromatic rings. The van der Waals surface area contributed by atoms with Gasteiger partial charge in [-0.1, -0.05) is 23.2 Å². The monoisotopic (exact) mass is 611 g/mol. The van der Waals surface area contributed by atoms with Gasteiger partial charge in [0.2, 0.25) is 5.91 Å². The highest BCUT2D eigenvalue weighted by molar-refractivity contribution is 7.91. The minimum absolute atomic E-state index is 0.0763. The van der Waals surface area contributed by atoms with E-state index in [2.05, 4.69) is 4.98 Å². The summed E-state index contributed by atoms with van der Waals surface area (Å²) in [5.41, 5.74) is -0.548. The first-order valence-corrected chi connectivity index (χ1v) is 15.1. The zero-order valence-electron chi connectivity index (χ0n) is 23.2. The zero-order chi connectivity index (χ0) is 30.5. The molecule has 6 nitrogen and oxygen atoms in total. The molecular weight excluding hydrogens is 582 g/mol. The van der Waals surface area contributed by atoms with Gasteiger partial charge in [-0.25, -0.2) is 17.8 Å². The van der Waals surface area contributed by atoms with E-state index in [-0.39, 0.29) is 17.1 Å². The van der Waals surface area contributed by atoms with Crippen LogP contribution in [0.2, 0.25) is 5.02 Å². The van der Waals surface area contributed by atoms with Crippen molar-refractivity contribution in [2.24, 2.45) is 0 Å². The SMILES string of the molecule is Cc1cc(C(F)(F)F)cc(C(C)(C)C(=O)N(C)c2cnc(N3CCC(S(C)(=O)=O)C3)cc2-c2ccc(F)cc2Cl)c1. The Morgan fingerprint density at radius 1 is 1.07 bits per heavy atom. The van der Waals surface area contributed by atoms with Crippen LogP contribution in [0.3, 0.4) is 0 Å². The van der Waals surface area contributed by atoms with E-state index in [9.17, 15) is 30.8 Å². The van der Waals surface area contributed by atoms with Crippen LogP contribution in [-0.2, 0) is 26.2 Å². The third kappa shape index (κ3) is 6.35. The molecule has 220 valence electrons. The molecule has 0 spiro atoms. The Balaban J connectivity index is 1.79. The summed E-state index contributed by atoms with van der Waals surface area (Å²) in [6.45, 7) is 5.30. The van der Waals surface area contributed by atoms with Crippen LogP contribution in [0.25, 0.3) is 11.1 Å². The van der Waals surface area contributed by atoms with Gasteiger partial charge >= 0.3 is 6.18 Å². The van der Waals surface area contributed by atoms with Gasteiger partial charge in [0.1, 0.15) is 11.6 Å². The first kappa shape index (κ1) is 30.8. The molecule has 12 heteroatoms. The molecule has 4 rings (SSSR count). The fraction of sp³-hybridized carbons (Fsp3) is 0.379. The molecule has 0 saturated carbocycles. The fourth-order valence-corrected chi connectivity index (χ4v) is 6.30. The van der Waals surface area contributed by atoms with Crippen molar-refractivity contribution in [3.63, 3.8) is 0 Å². The Bertz CT molecular complexity index is 1610. The highest BCUT2D eigenvalue weighted by Gasteiger charge is 2.38. The second kappa shape index (κ2) is 10.9. The number of hydrogen-bond donors (Lipinski definition) is 0. The number of likely N-dealkylation sites (N-methyl/N-ethyl adjacent to an activating group) is 1. The summed E-state index contributed by atoms with van der Waals surface area (Å²) in [7, 11) is -1.78. The molecule has 0 radical (unpaired) electrons. The van der Waals surface area contributed by atoms with E-state index in [1.807, 2.05) is 4.90 Å². The van der Waals surface area contributed by atoms with Gasteiger partial charge in [0, 0.05) is 37.5 Å². The summed E-state index contributed by atoms with van der Waals surface area (Å²) in [6, 6.07) is 9.02. The predicted molar refractivity (Wildman–Crippen MR) is 153 cm³/mol. The van der Waals surface area contributed by atoms with E-state index in [4.69, 9.17) is 11.6 Å². The van der Waals surface area contributed by atoms with Crippen LogP contribution in [0.15, 0.2) is 48.7 Å². The van der Waals surface area contributed by atoms with Crippen LogP contribution in [0.1, 0.15) is 37.0 Å². The first-order chi connectivity index (χ1) is 18.9. The number of aromatic nitrogens is 1. The summed E-state index contributed by atoms with van der Waals surface area (Å²) < 4.78 is 78.7. The van der Waals surface area contributed by atoms with Gasteiger partial charge in [-0.2, -0.15) is 13.2 Å². The third-order valence-corrected chi connectivity index (χ3v) is 9.40. The summed E-state index contributed by atoms with van der Waals surface area (Å²) >= 11 is 6.42. The van der Waals surface area contributed by atoms with Gasteiger partial charge in [-0.3, -0.25) is 4.79 Å². The largest absolute Gasteiger partial charge is 0.416 e. The van der Waals surface area contributed by atoms with Crippen molar-refractivity contribution in [2.75, 3.05) is 36.2 Å². The van der Waals surface area contributed by atoms with Crippen LogP contribution >= 0.6 is 11.6 Å². The third-order valence-electron chi connectivity index (χ3n) is 7.49. The molecule has 1 fully saturated rings. The molecule has 1 aliphatic heterocycles. The van der Waals surface area contributed by atoms with Crippen LogP contribution in [-0.4, -0.2) is 51.0 Å². The number of anilines is 2. The van der Waals surface area contributed by atoms with Gasteiger partial charge in [-0.05, 0) is 69.2 Å². The smallest absolute Gasteiger partial charge is 0.355 e. The topological polar surface area (TPSA) is 70.6 Å². The predicted octanol–water partition coefficient (Wildman–Crippen LogP) is 6.43. The Kier molecular flexibility index (Phi) is 8.18. The van der Waals surface area contributed by atoms with Crippen molar-refractivity contribution < 1.29 is 30.8 Å². The molecule has 1 atom stereocenters. The second-order valence-electron chi connectivity index (χ2n) is 10.9. The number of alkyl halides is 3. The van der Waals surface area contributed by atoms with E-state index in [1.165, 1.54) is 43.5 Å². The normalized spacial score (nSPS) is 16.2. The number of hydrogen-bond acceptors (Lipinski definition) is 5. The summed E-state index contributed by atoms with van der Waals surface area (Å²) in [5, 5.41) is -0.477. The van der Waals surface area contributed by atoms with Crippen LogP contribution < -0.4 is 9.80 Å². The molecule has 0 bridgehead atoms. The lowest BCUT2D eigenvalue weighted by molar-refractivity contribution is -0.137. The van der Waals surface area contributed by atoms with Gasteiger partial charge < -0.3 is 9.80 Å². The van der Waals surface area contributed by atoms with Crippen molar-refractivity contribution in [1.82, 2.24) is 4.98 Å². The average Bonchev–Trinajstić information content (AvgIpc) is 3.38. The molecule has 1 amide bonds. The van der Waals surface area contributed by atoms with Gasteiger partial charge in [-0.15, -0.1) is 0 Å².